The molecule has 4 heterocycles. The summed E-state index contributed by atoms with van der Waals surface area (Å²) < 4.78 is 37.7. The highest BCUT2D eigenvalue weighted by Crippen LogP contribution is 2.32. The molecule has 0 saturated carbocycles. The Morgan fingerprint density at radius 3 is 1.50 bits per heavy atom. The fourth-order valence-electron chi connectivity index (χ4n) is 5.41. The number of rotatable bonds is 9. The van der Waals surface area contributed by atoms with Crippen molar-refractivity contribution in [1.29, 1.82) is 0 Å². The van der Waals surface area contributed by atoms with Crippen LogP contribution in [-0.2, 0) is 33.2 Å². The molecule has 0 amide bonds. The Kier molecular flexibility index (Phi) is 12.3. The van der Waals surface area contributed by atoms with Crippen molar-refractivity contribution in [3.05, 3.63) is 0 Å². The lowest BCUT2D eigenvalue weighted by Gasteiger charge is -2.47. The predicted molar refractivity (Wildman–Crippen MR) is 132 cm³/mol. The number of ether oxygens (including phenoxy) is 7. The Morgan fingerprint density at radius 2 is 0.932 bits per heavy atom. The Hall–Kier alpha value is -0.800. The van der Waals surface area contributed by atoms with Gasteiger partial charge in [0, 0.05) is 0 Å². The average Bonchev–Trinajstić information content (AvgIpc) is 3.00. The smallest absolute Gasteiger partial charge is 0.187 e. The summed E-state index contributed by atoms with van der Waals surface area (Å²) >= 11 is 0. The van der Waals surface area contributed by atoms with E-state index in [2.05, 4.69) is 0 Å². The van der Waals surface area contributed by atoms with Crippen LogP contribution in [0.4, 0.5) is 0 Å². The summed E-state index contributed by atoms with van der Waals surface area (Å²) in [6.45, 7) is -0.742. The third-order valence-electron chi connectivity index (χ3n) is 8.14. The summed E-state index contributed by atoms with van der Waals surface area (Å²) in [5.41, 5.74) is 0. The maximum atomic E-state index is 10.9. The van der Waals surface area contributed by atoms with Gasteiger partial charge in [-0.1, -0.05) is 0 Å². The highest BCUT2D eigenvalue weighted by molar-refractivity contribution is 4.96. The molecule has 0 aromatic carbocycles. The summed E-state index contributed by atoms with van der Waals surface area (Å²) in [6.07, 6.45) is -33.3. The largest absolute Gasteiger partial charge is 0.394 e. The Bertz CT molecular complexity index is 898. The van der Waals surface area contributed by atoms with Crippen molar-refractivity contribution in [3.63, 3.8) is 0 Å². The first-order valence-electron chi connectivity index (χ1n) is 14.0. The van der Waals surface area contributed by atoms with Crippen LogP contribution in [0.25, 0.3) is 0 Å². The molecule has 13 N–H and O–H groups in total. The van der Waals surface area contributed by atoms with Gasteiger partial charge in [-0.05, 0) is 6.92 Å². The first kappa shape index (κ1) is 36.0. The molecule has 0 spiro atoms. The van der Waals surface area contributed by atoms with E-state index >= 15 is 0 Å². The zero-order chi connectivity index (χ0) is 32.6. The number of aliphatic hydroxyl groups excluding tert-OH is 13. The van der Waals surface area contributed by atoms with Crippen LogP contribution in [0.1, 0.15) is 6.92 Å². The molecule has 4 rings (SSSR count). The molecule has 0 aromatic heterocycles. The van der Waals surface area contributed by atoms with Crippen LogP contribution in [-0.4, -0.2) is 209 Å². The van der Waals surface area contributed by atoms with Gasteiger partial charge in [0.1, 0.15) is 91.6 Å². The first-order chi connectivity index (χ1) is 20.7. The van der Waals surface area contributed by atoms with E-state index in [9.17, 15) is 66.4 Å². The van der Waals surface area contributed by atoms with Crippen molar-refractivity contribution < 1.29 is 99.5 Å². The van der Waals surface area contributed by atoms with E-state index in [0.29, 0.717) is 0 Å². The van der Waals surface area contributed by atoms with Crippen LogP contribution in [0.3, 0.4) is 0 Å². The van der Waals surface area contributed by atoms with Crippen molar-refractivity contribution in [1.82, 2.24) is 0 Å². The second-order valence-corrected chi connectivity index (χ2v) is 11.2. The quantitative estimate of drug-likeness (QED) is 0.110. The second kappa shape index (κ2) is 15.0. The van der Waals surface area contributed by atoms with Gasteiger partial charge in [-0.3, -0.25) is 0 Å². The predicted octanol–water partition coefficient (Wildman–Crippen LogP) is -8.72. The Balaban J connectivity index is 1.38. The molecule has 0 radical (unpaired) electrons. The zero-order valence-corrected chi connectivity index (χ0v) is 23.3. The molecule has 4 aliphatic rings. The van der Waals surface area contributed by atoms with Crippen LogP contribution >= 0.6 is 0 Å². The highest BCUT2D eigenvalue weighted by Gasteiger charge is 2.53. The molecule has 4 aliphatic heterocycles. The topological polar surface area (TPSA) is 328 Å². The minimum absolute atomic E-state index is 0.643. The van der Waals surface area contributed by atoms with E-state index < -0.39 is 143 Å². The number of hydrogen-bond donors (Lipinski definition) is 13. The van der Waals surface area contributed by atoms with E-state index in [1.807, 2.05) is 0 Å². The van der Waals surface area contributed by atoms with Gasteiger partial charge >= 0.3 is 0 Å². The van der Waals surface area contributed by atoms with Crippen LogP contribution in [0.15, 0.2) is 0 Å². The van der Waals surface area contributed by atoms with E-state index in [0.717, 1.165) is 0 Å². The maximum Gasteiger partial charge on any atom is 0.187 e. The minimum Gasteiger partial charge on any atom is -0.394 e. The molecular weight excluding hydrogens is 608 g/mol. The lowest BCUT2D eigenvalue weighted by atomic mass is 9.96. The van der Waals surface area contributed by atoms with E-state index in [1.165, 1.54) is 6.92 Å². The van der Waals surface area contributed by atoms with Crippen LogP contribution in [0.5, 0.6) is 0 Å². The van der Waals surface area contributed by atoms with Crippen molar-refractivity contribution in [2.45, 2.75) is 130 Å². The Morgan fingerprint density at radius 1 is 0.455 bits per heavy atom. The molecule has 20 heteroatoms. The molecule has 0 aromatic rings. The monoisotopic (exact) mass is 650 g/mol. The molecule has 4 fully saturated rings. The van der Waals surface area contributed by atoms with E-state index in [-0.39, 0.29) is 0 Å². The van der Waals surface area contributed by atoms with E-state index in [1.54, 1.807) is 0 Å². The molecule has 44 heavy (non-hydrogen) atoms. The van der Waals surface area contributed by atoms with Gasteiger partial charge in [-0.25, -0.2) is 0 Å². The molecule has 0 aliphatic carbocycles. The van der Waals surface area contributed by atoms with Gasteiger partial charge in [0.2, 0.25) is 0 Å². The van der Waals surface area contributed by atoms with Crippen molar-refractivity contribution in [2.75, 3.05) is 19.8 Å². The SMILES string of the molecule is C[C@@H]1O[C@@H](O[C@H]2[C@@H](O)[C@@H](CO[C@H]3O[C@H](CO)[C@@H](O)[C@H](O)[C@H]3O)OC(O)[C@@H]2O)[C@H](O)[C@H](O)[C@H]1O[C@@H]1O[C@H](CO)[C@@H](O)[C@H](O)[C@H]1O. The summed E-state index contributed by atoms with van der Waals surface area (Å²) in [7, 11) is 0. The average molecular weight is 651 g/mol. The van der Waals surface area contributed by atoms with Crippen LogP contribution < -0.4 is 0 Å². The lowest BCUT2D eigenvalue weighted by Crippen LogP contribution is -2.66. The summed E-state index contributed by atoms with van der Waals surface area (Å²) in [4.78, 5) is 0. The molecule has 1 unspecified atom stereocenters. The number of aliphatic hydroxyl groups is 13. The van der Waals surface area contributed by atoms with Crippen molar-refractivity contribution in [2.24, 2.45) is 0 Å². The van der Waals surface area contributed by atoms with E-state index in [4.69, 9.17) is 33.2 Å². The maximum absolute atomic E-state index is 10.9. The fourth-order valence-corrected chi connectivity index (χ4v) is 5.41. The Labute approximate surface area is 249 Å². The van der Waals surface area contributed by atoms with Gasteiger partial charge in [-0.2, -0.15) is 0 Å². The lowest BCUT2D eigenvalue weighted by molar-refractivity contribution is -0.376. The molecule has 20 atom stereocenters. The van der Waals surface area contributed by atoms with Gasteiger partial charge in [-0.15, -0.1) is 0 Å². The summed E-state index contributed by atoms with van der Waals surface area (Å²) in [5.74, 6) is 0. The molecular formula is C24H42O20. The standard InChI is InChI=1S/C24H42O20/c1-5-19(43-24-16(34)13(31)10(28)7(3-26)42-24)14(32)17(35)23(39-5)44-20-11(29)8(40-21(37)18(20)36)4-38-22-15(33)12(30)9(27)6(2-25)41-22/h5-37H,2-4H2,1H3/t5-,6+,7+,8+,9+,10+,11-,12-,13-,14-,15+,16+,17+,18+,19-,20-,21?,22-,23-,24-/m0/s1. The van der Waals surface area contributed by atoms with Crippen LogP contribution in [0.2, 0.25) is 0 Å². The third-order valence-corrected chi connectivity index (χ3v) is 8.14. The van der Waals surface area contributed by atoms with Gasteiger partial charge in [0.15, 0.2) is 25.2 Å². The van der Waals surface area contributed by atoms with Crippen molar-refractivity contribution in [3.8, 4) is 0 Å². The van der Waals surface area contributed by atoms with Gasteiger partial charge < -0.3 is 99.5 Å². The zero-order valence-electron chi connectivity index (χ0n) is 23.3. The normalized spacial score (nSPS) is 53.9. The van der Waals surface area contributed by atoms with Gasteiger partial charge in [0.05, 0.1) is 25.9 Å². The fraction of sp³-hybridized carbons (Fsp3) is 1.00. The van der Waals surface area contributed by atoms with Gasteiger partial charge in [0.25, 0.3) is 0 Å². The molecule has 20 nitrogen and oxygen atoms in total. The summed E-state index contributed by atoms with van der Waals surface area (Å²) in [6, 6.07) is 0. The molecule has 4 saturated heterocycles. The van der Waals surface area contributed by atoms with Crippen LogP contribution in [0, 0.1) is 0 Å². The van der Waals surface area contributed by atoms with Crippen molar-refractivity contribution >= 4 is 0 Å². The third kappa shape index (κ3) is 7.19. The second-order valence-electron chi connectivity index (χ2n) is 11.2. The first-order valence-corrected chi connectivity index (χ1v) is 14.0. The molecule has 0 bridgehead atoms. The highest BCUT2D eigenvalue weighted by atomic mass is 16.8. The number of hydrogen-bond acceptors (Lipinski definition) is 20. The molecule has 258 valence electrons. The summed E-state index contributed by atoms with van der Waals surface area (Å²) in [5, 5.41) is 132. The minimum atomic E-state index is -1.97.